The van der Waals surface area contributed by atoms with Gasteiger partial charge in [0.25, 0.3) is 11.5 Å². The number of rotatable bonds is 1. The molecule has 128 valence electrons. The number of nitrogens with one attached hydrogen (secondary N) is 2. The summed E-state index contributed by atoms with van der Waals surface area (Å²) in [6, 6.07) is 1.63. The minimum Gasteiger partial charge on any atom is -0.337 e. The first-order chi connectivity index (χ1) is 11.2. The van der Waals surface area contributed by atoms with Crippen molar-refractivity contribution in [3.8, 4) is 0 Å². The van der Waals surface area contributed by atoms with E-state index in [1.807, 2.05) is 13.8 Å². The van der Waals surface area contributed by atoms with Crippen LogP contribution in [0.1, 0.15) is 36.3 Å². The van der Waals surface area contributed by atoms with Crippen molar-refractivity contribution in [2.45, 2.75) is 33.2 Å². The van der Waals surface area contributed by atoms with E-state index in [9.17, 15) is 14.4 Å². The first-order valence-electron chi connectivity index (χ1n) is 7.88. The van der Waals surface area contributed by atoms with Crippen molar-refractivity contribution in [1.82, 2.24) is 19.9 Å². The molecule has 2 aromatic rings. The molecule has 8 heteroatoms. The lowest BCUT2D eigenvalue weighted by Gasteiger charge is -2.42. The van der Waals surface area contributed by atoms with E-state index in [-0.39, 0.29) is 34.1 Å². The average Bonchev–Trinajstić information content (AvgIpc) is 2.48. The highest BCUT2D eigenvalue weighted by molar-refractivity contribution is 5.95. The fraction of sp³-hybridized carbons (Fsp3) is 0.500. The molecule has 3 heterocycles. The molecule has 1 amide bonds. The van der Waals surface area contributed by atoms with Gasteiger partial charge in [-0.25, -0.2) is 9.78 Å². The predicted octanol–water partition coefficient (Wildman–Crippen LogP) is 0.119. The molecule has 24 heavy (non-hydrogen) atoms. The van der Waals surface area contributed by atoms with Crippen molar-refractivity contribution in [3.63, 3.8) is 0 Å². The quantitative estimate of drug-likeness (QED) is 0.684. The number of likely N-dealkylation sites (tertiary alicyclic amines) is 1. The van der Waals surface area contributed by atoms with Crippen molar-refractivity contribution in [1.29, 1.82) is 0 Å². The Hall–Kier alpha value is -2.48. The van der Waals surface area contributed by atoms with Gasteiger partial charge in [0.15, 0.2) is 0 Å². The highest BCUT2D eigenvalue weighted by Gasteiger charge is 2.36. The molecule has 0 bridgehead atoms. The van der Waals surface area contributed by atoms with Crippen LogP contribution in [0.5, 0.6) is 0 Å². The largest absolute Gasteiger partial charge is 0.337 e. The number of pyridine rings is 1. The number of fused-ring (bicyclic) bond motifs is 1. The number of nitrogens with zero attached hydrogens (tertiary/aromatic N) is 2. The monoisotopic (exact) mass is 331 g/mol. The number of aromatic nitrogens is 3. The number of nitrogens with two attached hydrogens (primary N) is 1. The highest BCUT2D eigenvalue weighted by atomic mass is 16.2. The van der Waals surface area contributed by atoms with Crippen LogP contribution >= 0.6 is 0 Å². The molecular formula is C16H21N5O3. The highest BCUT2D eigenvalue weighted by Crippen LogP contribution is 2.28. The van der Waals surface area contributed by atoms with Gasteiger partial charge in [-0.05, 0) is 30.4 Å². The molecular weight excluding hydrogens is 310 g/mol. The van der Waals surface area contributed by atoms with Crippen LogP contribution in [0.3, 0.4) is 0 Å². The Kier molecular flexibility index (Phi) is 3.79. The Balaban J connectivity index is 2.02. The maximum atomic E-state index is 12.8. The third-order valence-corrected chi connectivity index (χ3v) is 4.72. The zero-order chi connectivity index (χ0) is 17.6. The van der Waals surface area contributed by atoms with Crippen molar-refractivity contribution in [2.24, 2.45) is 11.1 Å². The number of H-pyrrole nitrogens is 2. The molecule has 2 aromatic heterocycles. The second-order valence-electron chi connectivity index (χ2n) is 7.07. The van der Waals surface area contributed by atoms with Crippen LogP contribution in [0.4, 0.5) is 0 Å². The minimum atomic E-state index is -0.644. The van der Waals surface area contributed by atoms with Crippen molar-refractivity contribution < 1.29 is 4.79 Å². The molecule has 1 fully saturated rings. The molecule has 0 radical (unpaired) electrons. The summed E-state index contributed by atoms with van der Waals surface area (Å²) in [7, 11) is 0. The zero-order valence-corrected chi connectivity index (χ0v) is 14.0. The molecule has 0 saturated carbocycles. The lowest BCUT2D eigenvalue weighted by molar-refractivity contribution is 0.0527. The van der Waals surface area contributed by atoms with Crippen LogP contribution < -0.4 is 17.0 Å². The summed E-state index contributed by atoms with van der Waals surface area (Å²) in [6.45, 7) is 6.89. The van der Waals surface area contributed by atoms with E-state index in [4.69, 9.17) is 5.73 Å². The Morgan fingerprint density at radius 2 is 2.08 bits per heavy atom. The number of hydrogen-bond acceptors (Lipinski definition) is 5. The Bertz CT molecular complexity index is 927. The molecule has 0 aliphatic carbocycles. The third-order valence-electron chi connectivity index (χ3n) is 4.72. The second kappa shape index (κ2) is 5.55. The van der Waals surface area contributed by atoms with E-state index in [0.29, 0.717) is 18.7 Å². The van der Waals surface area contributed by atoms with Crippen LogP contribution in [0.25, 0.3) is 11.0 Å². The molecule has 1 aliphatic heterocycles. The lowest BCUT2D eigenvalue weighted by Crippen LogP contribution is -2.54. The van der Waals surface area contributed by atoms with Gasteiger partial charge in [-0.1, -0.05) is 13.8 Å². The Morgan fingerprint density at radius 1 is 1.38 bits per heavy atom. The summed E-state index contributed by atoms with van der Waals surface area (Å²) >= 11 is 0. The molecule has 1 unspecified atom stereocenters. The smallest absolute Gasteiger partial charge is 0.327 e. The zero-order valence-electron chi connectivity index (χ0n) is 14.0. The van der Waals surface area contributed by atoms with Gasteiger partial charge in [-0.3, -0.25) is 19.6 Å². The molecule has 3 rings (SSSR count). The Morgan fingerprint density at radius 3 is 2.75 bits per heavy atom. The standard InChI is InChI=1S/C16H21N5O3/c1-8-6-9(18-12-11(8)13(22)20-15(24)19-12)14(23)21-5-4-10(17)16(2,3)7-21/h6,10H,4-5,7,17H2,1-3H3,(H2,18,19,20,22,24). The van der Waals surface area contributed by atoms with Crippen LogP contribution in [-0.2, 0) is 0 Å². The van der Waals surface area contributed by atoms with Crippen molar-refractivity contribution >= 4 is 16.9 Å². The number of hydrogen-bond donors (Lipinski definition) is 3. The molecule has 1 saturated heterocycles. The van der Waals surface area contributed by atoms with E-state index in [1.54, 1.807) is 17.9 Å². The maximum Gasteiger partial charge on any atom is 0.327 e. The molecule has 8 nitrogen and oxygen atoms in total. The average molecular weight is 331 g/mol. The van der Waals surface area contributed by atoms with E-state index in [1.165, 1.54) is 0 Å². The molecule has 0 aromatic carbocycles. The fourth-order valence-electron chi connectivity index (χ4n) is 3.17. The normalized spacial score (nSPS) is 20.3. The lowest BCUT2D eigenvalue weighted by atomic mass is 9.79. The van der Waals surface area contributed by atoms with Gasteiger partial charge < -0.3 is 10.6 Å². The number of amides is 1. The van der Waals surface area contributed by atoms with E-state index in [2.05, 4.69) is 15.0 Å². The third kappa shape index (κ3) is 2.73. The van der Waals surface area contributed by atoms with E-state index in [0.717, 1.165) is 6.42 Å². The van der Waals surface area contributed by atoms with Gasteiger partial charge in [0, 0.05) is 19.1 Å². The number of piperidine rings is 1. The molecule has 0 spiro atoms. The number of carbonyl (C=O) groups is 1. The maximum absolute atomic E-state index is 12.8. The van der Waals surface area contributed by atoms with E-state index >= 15 is 0 Å². The van der Waals surface area contributed by atoms with Crippen LogP contribution in [0, 0.1) is 12.3 Å². The van der Waals surface area contributed by atoms with E-state index < -0.39 is 11.2 Å². The first kappa shape index (κ1) is 16.4. The summed E-state index contributed by atoms with van der Waals surface area (Å²) in [5.41, 5.74) is 5.71. The van der Waals surface area contributed by atoms with Gasteiger partial charge >= 0.3 is 5.69 Å². The Labute approximate surface area is 138 Å². The summed E-state index contributed by atoms with van der Waals surface area (Å²) < 4.78 is 0. The second-order valence-corrected chi connectivity index (χ2v) is 7.07. The van der Waals surface area contributed by atoms with Crippen molar-refractivity contribution in [3.05, 3.63) is 38.2 Å². The minimum absolute atomic E-state index is 0.0442. The van der Waals surface area contributed by atoms with Crippen LogP contribution in [0.2, 0.25) is 0 Å². The summed E-state index contributed by atoms with van der Waals surface area (Å²) in [4.78, 5) is 46.7. The summed E-state index contributed by atoms with van der Waals surface area (Å²) in [5, 5.41) is 0.284. The molecule has 1 aliphatic rings. The van der Waals surface area contributed by atoms with Gasteiger partial charge in [0.05, 0.1) is 5.39 Å². The van der Waals surface area contributed by atoms with Crippen LogP contribution in [-0.4, -0.2) is 44.9 Å². The SMILES string of the molecule is Cc1cc(C(=O)N2CCC(N)C(C)(C)C2)nc2[nH]c(=O)[nH]c(=O)c12. The first-order valence-corrected chi connectivity index (χ1v) is 7.88. The van der Waals surface area contributed by atoms with Crippen molar-refractivity contribution in [2.75, 3.05) is 13.1 Å². The van der Waals surface area contributed by atoms with Gasteiger partial charge in [0.2, 0.25) is 0 Å². The van der Waals surface area contributed by atoms with Gasteiger partial charge in [-0.2, -0.15) is 0 Å². The number of carbonyl (C=O) groups excluding carboxylic acids is 1. The topological polar surface area (TPSA) is 125 Å². The number of aromatic amines is 2. The fourth-order valence-corrected chi connectivity index (χ4v) is 3.17. The number of aryl methyl sites for hydroxylation is 1. The molecule has 1 atom stereocenters. The van der Waals surface area contributed by atoms with Gasteiger partial charge in [0.1, 0.15) is 11.3 Å². The van der Waals surface area contributed by atoms with Gasteiger partial charge in [-0.15, -0.1) is 0 Å². The summed E-state index contributed by atoms with van der Waals surface area (Å²) in [6.07, 6.45) is 0.724. The molecule has 4 N–H and O–H groups in total. The van der Waals surface area contributed by atoms with Crippen LogP contribution in [0.15, 0.2) is 15.7 Å². The predicted molar refractivity (Wildman–Crippen MR) is 90.0 cm³/mol. The summed E-state index contributed by atoms with van der Waals surface area (Å²) in [5.74, 6) is -0.221.